The normalized spacial score (nSPS) is 17.5. The lowest BCUT2D eigenvalue weighted by atomic mass is 9.99. The van der Waals surface area contributed by atoms with Crippen molar-refractivity contribution in [3.8, 4) is 5.69 Å². The van der Waals surface area contributed by atoms with Crippen LogP contribution in [0, 0.1) is 11.7 Å². The number of pyridine rings is 2. The zero-order valence-corrected chi connectivity index (χ0v) is 21.5. The summed E-state index contributed by atoms with van der Waals surface area (Å²) in [6.07, 6.45) is 9.61. The lowest BCUT2D eigenvalue weighted by Crippen LogP contribution is -2.28. The summed E-state index contributed by atoms with van der Waals surface area (Å²) in [6.45, 7) is 4.33. The number of halogens is 1. The van der Waals surface area contributed by atoms with Crippen LogP contribution in [0.4, 0.5) is 10.3 Å². The van der Waals surface area contributed by atoms with Gasteiger partial charge in [-0.3, -0.25) is 14.5 Å². The van der Waals surface area contributed by atoms with Crippen LogP contribution >= 0.6 is 0 Å². The van der Waals surface area contributed by atoms with E-state index in [1.165, 1.54) is 12.4 Å². The third kappa shape index (κ3) is 4.57. The van der Waals surface area contributed by atoms with Crippen LogP contribution in [0.2, 0.25) is 0 Å². The molecule has 192 valence electrons. The van der Waals surface area contributed by atoms with E-state index in [-0.39, 0.29) is 12.0 Å². The van der Waals surface area contributed by atoms with Crippen molar-refractivity contribution in [2.45, 2.75) is 56.4 Å². The Morgan fingerprint density at radius 2 is 1.95 bits per heavy atom. The number of rotatable bonds is 8. The second-order valence-electron chi connectivity index (χ2n) is 10.2. The Morgan fingerprint density at radius 3 is 2.70 bits per heavy atom. The third-order valence-corrected chi connectivity index (χ3v) is 8.43. The number of aryl methyl sites for hydroxylation is 1. The molecule has 1 unspecified atom stereocenters. The Balaban J connectivity index is 1.43. The highest BCUT2D eigenvalue weighted by molar-refractivity contribution is 7.89. The first-order valence-electron chi connectivity index (χ1n) is 12.5. The fourth-order valence-electron chi connectivity index (χ4n) is 4.97. The number of aromatic nitrogens is 5. The van der Waals surface area contributed by atoms with E-state index >= 15 is 0 Å². The summed E-state index contributed by atoms with van der Waals surface area (Å²) >= 11 is 0. The predicted octanol–water partition coefficient (Wildman–Crippen LogP) is 4.26. The molecule has 2 aliphatic carbocycles. The summed E-state index contributed by atoms with van der Waals surface area (Å²) in [5.74, 6) is 0.588. The minimum atomic E-state index is -3.71. The van der Waals surface area contributed by atoms with E-state index < -0.39 is 15.8 Å². The number of nitrogens with zero attached hydrogens (tertiary/aromatic N) is 5. The van der Waals surface area contributed by atoms with Crippen molar-refractivity contribution in [2.24, 2.45) is 5.92 Å². The highest BCUT2D eigenvalue weighted by atomic mass is 32.2. The average Bonchev–Trinajstić information content (AvgIpc) is 3.49. The van der Waals surface area contributed by atoms with Crippen LogP contribution < -0.4 is 10.0 Å². The second-order valence-corrected chi connectivity index (χ2v) is 12.0. The number of nitrogens with one attached hydrogen (secondary N) is 2. The van der Waals surface area contributed by atoms with Crippen molar-refractivity contribution in [2.75, 3.05) is 11.9 Å². The van der Waals surface area contributed by atoms with E-state index in [0.29, 0.717) is 40.8 Å². The largest absolute Gasteiger partial charge is 0.347 e. The van der Waals surface area contributed by atoms with E-state index in [9.17, 15) is 12.8 Å². The molecule has 6 rings (SSSR count). The highest BCUT2D eigenvalue weighted by Crippen LogP contribution is 2.44. The number of benzene rings is 1. The van der Waals surface area contributed by atoms with E-state index in [2.05, 4.69) is 25.2 Å². The number of fused-ring (bicyclic) bond motifs is 3. The quantitative estimate of drug-likeness (QED) is 0.356. The molecule has 0 radical (unpaired) electrons. The van der Waals surface area contributed by atoms with E-state index in [1.54, 1.807) is 10.8 Å². The summed E-state index contributed by atoms with van der Waals surface area (Å²) in [5, 5.41) is 13.2. The molecule has 2 N–H and O–H groups in total. The van der Waals surface area contributed by atoms with Crippen LogP contribution in [0.25, 0.3) is 16.5 Å². The molecule has 0 spiro atoms. The monoisotopic (exact) mass is 521 g/mol. The Labute approximate surface area is 214 Å². The maximum Gasteiger partial charge on any atom is 0.241 e. The van der Waals surface area contributed by atoms with Gasteiger partial charge in [-0.1, -0.05) is 13.8 Å². The Morgan fingerprint density at radius 1 is 1.11 bits per heavy atom. The molecule has 0 aliphatic heterocycles. The molecule has 4 aromatic rings. The lowest BCUT2D eigenvalue weighted by molar-refractivity contribution is 0.561. The molecule has 1 saturated carbocycles. The van der Waals surface area contributed by atoms with Gasteiger partial charge in [-0.15, -0.1) is 10.2 Å². The van der Waals surface area contributed by atoms with Crippen molar-refractivity contribution in [3.63, 3.8) is 0 Å². The van der Waals surface area contributed by atoms with E-state index in [0.717, 1.165) is 47.7 Å². The van der Waals surface area contributed by atoms with Gasteiger partial charge in [0.15, 0.2) is 0 Å². The molecule has 3 heterocycles. The van der Waals surface area contributed by atoms with Crippen LogP contribution in [0.5, 0.6) is 0 Å². The van der Waals surface area contributed by atoms with Gasteiger partial charge in [0.25, 0.3) is 0 Å². The van der Waals surface area contributed by atoms with Gasteiger partial charge in [0.05, 0.1) is 29.0 Å². The molecule has 1 fully saturated rings. The number of sulfonamides is 1. The molecule has 1 atom stereocenters. The molecule has 0 amide bonds. The maximum absolute atomic E-state index is 13.8. The Hall–Kier alpha value is -3.44. The van der Waals surface area contributed by atoms with Crippen LogP contribution in [0.15, 0.2) is 48.0 Å². The average molecular weight is 522 g/mol. The summed E-state index contributed by atoms with van der Waals surface area (Å²) in [5.41, 5.74) is 3.42. The van der Waals surface area contributed by atoms with Gasteiger partial charge >= 0.3 is 0 Å². The third-order valence-electron chi connectivity index (χ3n) is 6.97. The van der Waals surface area contributed by atoms with Gasteiger partial charge < -0.3 is 5.32 Å². The molecule has 1 aromatic carbocycles. The molecule has 9 nitrogen and oxygen atoms in total. The van der Waals surface area contributed by atoms with Crippen molar-refractivity contribution in [1.29, 1.82) is 0 Å². The van der Waals surface area contributed by atoms with Crippen molar-refractivity contribution in [3.05, 3.63) is 65.8 Å². The second kappa shape index (κ2) is 9.14. The smallest absolute Gasteiger partial charge is 0.241 e. The van der Waals surface area contributed by atoms with Gasteiger partial charge in [-0.05, 0) is 54.9 Å². The fourth-order valence-corrected chi connectivity index (χ4v) is 6.44. The van der Waals surface area contributed by atoms with Gasteiger partial charge in [0.1, 0.15) is 12.1 Å². The first kappa shape index (κ1) is 23.9. The summed E-state index contributed by atoms with van der Waals surface area (Å²) < 4.78 is 45.0. The Bertz CT molecular complexity index is 1600. The van der Waals surface area contributed by atoms with Crippen LogP contribution in [-0.4, -0.2) is 39.7 Å². The van der Waals surface area contributed by atoms with E-state index in [1.807, 2.05) is 32.2 Å². The van der Waals surface area contributed by atoms with Gasteiger partial charge in [-0.2, -0.15) is 0 Å². The predicted molar refractivity (Wildman–Crippen MR) is 138 cm³/mol. The van der Waals surface area contributed by atoms with Crippen molar-refractivity contribution >= 4 is 26.7 Å². The number of hydrogen-bond donors (Lipinski definition) is 2. The first-order valence-corrected chi connectivity index (χ1v) is 14.0. The Kier molecular flexibility index (Phi) is 5.91. The maximum atomic E-state index is 13.8. The van der Waals surface area contributed by atoms with Gasteiger partial charge in [-0.25, -0.2) is 17.5 Å². The molecule has 0 saturated heterocycles. The minimum Gasteiger partial charge on any atom is -0.347 e. The SMILES string of the molecule is CC(C)CNS(=O)(=O)c1cc2c(c3cnc(C4CC4)cc13)C(Nc1nncn1-c1cncc(F)c1)CC2. The van der Waals surface area contributed by atoms with Crippen molar-refractivity contribution < 1.29 is 12.8 Å². The van der Waals surface area contributed by atoms with E-state index in [4.69, 9.17) is 4.98 Å². The van der Waals surface area contributed by atoms with Crippen LogP contribution in [0.1, 0.15) is 61.9 Å². The molecule has 3 aromatic heterocycles. The van der Waals surface area contributed by atoms with Gasteiger partial charge in [0, 0.05) is 41.2 Å². The molecule has 2 aliphatic rings. The summed E-state index contributed by atoms with van der Waals surface area (Å²) in [4.78, 5) is 8.96. The topological polar surface area (TPSA) is 115 Å². The fraction of sp³-hybridized carbons (Fsp3) is 0.385. The number of hydrogen-bond acceptors (Lipinski definition) is 7. The van der Waals surface area contributed by atoms with Crippen molar-refractivity contribution in [1.82, 2.24) is 29.5 Å². The standard InChI is InChI=1S/C26H28FN7O2S/c1-15(2)10-31-37(35,36)24-7-17-5-6-22(25(17)21-13-29-23(9-20(21)24)16-3-4-16)32-26-33-30-14-34(26)19-8-18(27)11-28-12-19/h7-9,11-16,22,31H,3-6,10H2,1-2H3,(H,32,33). The molecule has 11 heteroatoms. The van der Waals surface area contributed by atoms with Crippen LogP contribution in [0.3, 0.4) is 0 Å². The minimum absolute atomic E-state index is 0.143. The molecular weight excluding hydrogens is 493 g/mol. The highest BCUT2D eigenvalue weighted by Gasteiger charge is 2.32. The molecule has 37 heavy (non-hydrogen) atoms. The number of anilines is 1. The summed E-state index contributed by atoms with van der Waals surface area (Å²) in [7, 11) is -3.71. The van der Waals surface area contributed by atoms with Crippen LogP contribution in [-0.2, 0) is 16.4 Å². The zero-order chi connectivity index (χ0) is 25.7. The lowest BCUT2D eigenvalue weighted by Gasteiger charge is -2.19. The molecular formula is C26H28FN7O2S. The zero-order valence-electron chi connectivity index (χ0n) is 20.6. The van der Waals surface area contributed by atoms with Gasteiger partial charge in [0.2, 0.25) is 16.0 Å². The molecule has 0 bridgehead atoms. The first-order chi connectivity index (χ1) is 17.8. The summed E-state index contributed by atoms with van der Waals surface area (Å²) in [6, 6.07) is 4.99.